The Labute approximate surface area is 183 Å². The fraction of sp³-hybridized carbons (Fsp3) is 0.417. The molecule has 31 heavy (non-hydrogen) atoms. The number of methoxy groups -OCH3 is 2. The van der Waals surface area contributed by atoms with Crippen LogP contribution in [0.2, 0.25) is 0 Å². The van der Waals surface area contributed by atoms with E-state index < -0.39 is 0 Å². The summed E-state index contributed by atoms with van der Waals surface area (Å²) in [4.78, 5) is 27.6. The van der Waals surface area contributed by atoms with Crippen molar-refractivity contribution in [3.8, 4) is 11.5 Å². The lowest BCUT2D eigenvalue weighted by atomic mass is 9.97. The first-order chi connectivity index (χ1) is 15.0. The molecule has 0 saturated carbocycles. The van der Waals surface area contributed by atoms with Gasteiger partial charge in [0, 0.05) is 13.1 Å². The first-order valence-electron chi connectivity index (χ1n) is 10.6. The Morgan fingerprint density at radius 1 is 1.10 bits per heavy atom. The van der Waals surface area contributed by atoms with Crippen LogP contribution < -0.4 is 20.1 Å². The van der Waals surface area contributed by atoms with Gasteiger partial charge in [-0.1, -0.05) is 18.2 Å². The number of amides is 2. The van der Waals surface area contributed by atoms with Crippen LogP contribution in [0.5, 0.6) is 11.5 Å². The standard InChI is InChI=1S/C24H31N3O4/c1-27-14-6-7-18(16-27)23(28)26-20-9-5-4-8-19(20)24(29)25-13-12-17-10-11-21(30-2)22(15-17)31-3/h4-5,8-11,15,18H,6-7,12-14,16H2,1-3H3,(H,25,29)(H,26,28)/t18-/m0/s1. The van der Waals surface area contributed by atoms with Crippen molar-refractivity contribution in [2.24, 2.45) is 5.92 Å². The largest absolute Gasteiger partial charge is 0.493 e. The zero-order valence-electron chi connectivity index (χ0n) is 18.4. The molecule has 1 atom stereocenters. The van der Waals surface area contributed by atoms with E-state index in [0.717, 1.165) is 31.5 Å². The van der Waals surface area contributed by atoms with Gasteiger partial charge in [-0.05, 0) is 62.7 Å². The Morgan fingerprint density at radius 3 is 2.61 bits per heavy atom. The molecule has 0 aromatic heterocycles. The predicted octanol–water partition coefficient (Wildman–Crippen LogP) is 2.96. The number of carbonyl (C=O) groups is 2. The molecular weight excluding hydrogens is 394 g/mol. The Bertz CT molecular complexity index is 915. The van der Waals surface area contributed by atoms with E-state index in [2.05, 4.69) is 15.5 Å². The number of piperidine rings is 1. The monoisotopic (exact) mass is 425 g/mol. The second-order valence-electron chi connectivity index (χ2n) is 7.83. The molecule has 1 saturated heterocycles. The van der Waals surface area contributed by atoms with Gasteiger partial charge in [0.25, 0.3) is 5.91 Å². The molecule has 0 bridgehead atoms. The Kier molecular flexibility index (Phi) is 7.89. The molecule has 1 heterocycles. The zero-order chi connectivity index (χ0) is 22.2. The summed E-state index contributed by atoms with van der Waals surface area (Å²) in [6.45, 7) is 2.22. The average Bonchev–Trinajstić information content (AvgIpc) is 2.79. The summed E-state index contributed by atoms with van der Waals surface area (Å²) >= 11 is 0. The van der Waals surface area contributed by atoms with Crippen LogP contribution in [0.3, 0.4) is 0 Å². The van der Waals surface area contributed by atoms with Gasteiger partial charge in [-0.3, -0.25) is 9.59 Å². The molecule has 2 N–H and O–H groups in total. The Balaban J connectivity index is 1.59. The highest BCUT2D eigenvalue weighted by molar-refractivity contribution is 6.04. The summed E-state index contributed by atoms with van der Waals surface area (Å²) in [6, 6.07) is 12.8. The molecule has 1 aliphatic heterocycles. The van der Waals surface area contributed by atoms with Crippen molar-refractivity contribution in [2.75, 3.05) is 46.2 Å². The fourth-order valence-electron chi connectivity index (χ4n) is 3.86. The number of nitrogens with one attached hydrogen (secondary N) is 2. The van der Waals surface area contributed by atoms with Crippen molar-refractivity contribution in [3.05, 3.63) is 53.6 Å². The van der Waals surface area contributed by atoms with Gasteiger partial charge in [-0.15, -0.1) is 0 Å². The van der Waals surface area contributed by atoms with Crippen LogP contribution >= 0.6 is 0 Å². The number of likely N-dealkylation sites (tertiary alicyclic amines) is 1. The molecule has 0 spiro atoms. The molecule has 2 aromatic rings. The highest BCUT2D eigenvalue weighted by Gasteiger charge is 2.25. The molecule has 1 aliphatic rings. The number of hydrogen-bond acceptors (Lipinski definition) is 5. The fourth-order valence-corrected chi connectivity index (χ4v) is 3.86. The highest BCUT2D eigenvalue weighted by Crippen LogP contribution is 2.27. The third kappa shape index (κ3) is 5.98. The van der Waals surface area contributed by atoms with Crippen LogP contribution in [-0.2, 0) is 11.2 Å². The van der Waals surface area contributed by atoms with Crippen LogP contribution in [0.15, 0.2) is 42.5 Å². The number of ether oxygens (including phenoxy) is 2. The lowest BCUT2D eigenvalue weighted by Gasteiger charge is -2.28. The number of benzene rings is 2. The number of nitrogens with zero attached hydrogens (tertiary/aromatic N) is 1. The van der Waals surface area contributed by atoms with Gasteiger partial charge in [-0.25, -0.2) is 0 Å². The van der Waals surface area contributed by atoms with Gasteiger partial charge in [0.15, 0.2) is 11.5 Å². The van der Waals surface area contributed by atoms with Crippen molar-refractivity contribution in [1.29, 1.82) is 0 Å². The van der Waals surface area contributed by atoms with Crippen LogP contribution in [0.1, 0.15) is 28.8 Å². The van der Waals surface area contributed by atoms with E-state index in [9.17, 15) is 9.59 Å². The molecule has 2 amide bonds. The third-order valence-corrected chi connectivity index (χ3v) is 5.57. The van der Waals surface area contributed by atoms with Gasteiger partial charge in [0.05, 0.1) is 31.4 Å². The normalized spacial score (nSPS) is 16.4. The molecule has 0 radical (unpaired) electrons. The number of carbonyl (C=O) groups excluding carboxylic acids is 2. The van der Waals surface area contributed by atoms with Crippen molar-refractivity contribution in [2.45, 2.75) is 19.3 Å². The van der Waals surface area contributed by atoms with Crippen LogP contribution in [0.25, 0.3) is 0 Å². The van der Waals surface area contributed by atoms with E-state index in [-0.39, 0.29) is 17.7 Å². The summed E-state index contributed by atoms with van der Waals surface area (Å²) in [5, 5.41) is 5.90. The van der Waals surface area contributed by atoms with E-state index in [0.29, 0.717) is 35.7 Å². The van der Waals surface area contributed by atoms with E-state index in [1.807, 2.05) is 31.3 Å². The number of anilines is 1. The van der Waals surface area contributed by atoms with E-state index in [1.54, 1.807) is 32.4 Å². The third-order valence-electron chi connectivity index (χ3n) is 5.57. The van der Waals surface area contributed by atoms with Crippen LogP contribution in [0, 0.1) is 5.92 Å². The zero-order valence-corrected chi connectivity index (χ0v) is 18.4. The van der Waals surface area contributed by atoms with Crippen molar-refractivity contribution in [3.63, 3.8) is 0 Å². The average molecular weight is 426 g/mol. The molecule has 166 valence electrons. The summed E-state index contributed by atoms with van der Waals surface area (Å²) in [7, 11) is 5.22. The Hall–Kier alpha value is -3.06. The van der Waals surface area contributed by atoms with Gasteiger partial charge in [0.2, 0.25) is 5.91 Å². The number of para-hydroxylation sites is 1. The second kappa shape index (κ2) is 10.8. The van der Waals surface area contributed by atoms with Crippen molar-refractivity contribution in [1.82, 2.24) is 10.2 Å². The minimum Gasteiger partial charge on any atom is -0.493 e. The van der Waals surface area contributed by atoms with E-state index in [4.69, 9.17) is 9.47 Å². The lowest BCUT2D eigenvalue weighted by Crippen LogP contribution is -2.38. The van der Waals surface area contributed by atoms with Gasteiger partial charge < -0.3 is 25.0 Å². The molecule has 7 heteroatoms. The van der Waals surface area contributed by atoms with E-state index in [1.165, 1.54) is 0 Å². The first-order valence-corrected chi connectivity index (χ1v) is 10.6. The minimum absolute atomic E-state index is 0.0304. The van der Waals surface area contributed by atoms with Crippen molar-refractivity contribution >= 4 is 17.5 Å². The molecule has 1 fully saturated rings. The number of rotatable bonds is 8. The van der Waals surface area contributed by atoms with Crippen molar-refractivity contribution < 1.29 is 19.1 Å². The highest BCUT2D eigenvalue weighted by atomic mass is 16.5. The maximum Gasteiger partial charge on any atom is 0.253 e. The molecule has 7 nitrogen and oxygen atoms in total. The summed E-state index contributed by atoms with van der Waals surface area (Å²) in [5.74, 6) is 1.03. The van der Waals surface area contributed by atoms with E-state index >= 15 is 0 Å². The smallest absolute Gasteiger partial charge is 0.253 e. The maximum atomic E-state index is 12.8. The van der Waals surface area contributed by atoms with Crippen LogP contribution in [0.4, 0.5) is 5.69 Å². The van der Waals surface area contributed by atoms with Gasteiger partial charge in [-0.2, -0.15) is 0 Å². The lowest BCUT2D eigenvalue weighted by molar-refractivity contribution is -0.121. The summed E-state index contributed by atoms with van der Waals surface area (Å²) in [6.07, 6.45) is 2.53. The summed E-state index contributed by atoms with van der Waals surface area (Å²) in [5.41, 5.74) is 2.04. The Morgan fingerprint density at radius 2 is 1.87 bits per heavy atom. The molecular formula is C24H31N3O4. The minimum atomic E-state index is -0.211. The topological polar surface area (TPSA) is 79.9 Å². The quantitative estimate of drug-likeness (QED) is 0.680. The predicted molar refractivity (Wildman–Crippen MR) is 121 cm³/mol. The number of hydrogen-bond donors (Lipinski definition) is 2. The maximum absolute atomic E-state index is 12.8. The SMILES string of the molecule is COc1ccc(CCNC(=O)c2ccccc2NC(=O)[C@H]2CCCN(C)C2)cc1OC. The summed E-state index contributed by atoms with van der Waals surface area (Å²) < 4.78 is 10.6. The molecule has 3 rings (SSSR count). The van der Waals surface area contributed by atoms with Gasteiger partial charge in [0.1, 0.15) is 0 Å². The van der Waals surface area contributed by atoms with Gasteiger partial charge >= 0.3 is 0 Å². The molecule has 0 aliphatic carbocycles. The van der Waals surface area contributed by atoms with Crippen LogP contribution in [-0.4, -0.2) is 57.6 Å². The second-order valence-corrected chi connectivity index (χ2v) is 7.83. The molecule has 2 aromatic carbocycles. The first kappa shape index (κ1) is 22.6. The molecule has 0 unspecified atom stereocenters.